The topological polar surface area (TPSA) is 82.5 Å². The monoisotopic (exact) mass is 463 g/mol. The van der Waals surface area contributed by atoms with Crippen LogP contribution in [0.2, 0.25) is 0 Å². The molecule has 30 heavy (non-hydrogen) atoms. The summed E-state index contributed by atoms with van der Waals surface area (Å²) in [6.07, 6.45) is -3.76. The number of rotatable bonds is 8. The van der Waals surface area contributed by atoms with E-state index in [-0.39, 0.29) is 29.9 Å². The maximum Gasteiger partial charge on any atom is 0.416 e. The molecule has 1 aliphatic heterocycles. The Morgan fingerprint density at radius 1 is 1.40 bits per heavy atom. The summed E-state index contributed by atoms with van der Waals surface area (Å²) >= 11 is 2.51. The Kier molecular flexibility index (Phi) is 6.86. The number of alkyl halides is 3. The second-order valence-electron chi connectivity index (χ2n) is 6.51. The van der Waals surface area contributed by atoms with E-state index in [0.29, 0.717) is 35.5 Å². The number of benzene rings is 1. The van der Waals surface area contributed by atoms with E-state index in [2.05, 4.69) is 10.3 Å². The van der Waals surface area contributed by atoms with Crippen molar-refractivity contribution in [3.8, 4) is 0 Å². The van der Waals surface area contributed by atoms with Gasteiger partial charge in [0.05, 0.1) is 11.3 Å². The number of halogens is 4. The number of carbonyl (C=O) groups is 2. The Labute approximate surface area is 177 Å². The van der Waals surface area contributed by atoms with Crippen molar-refractivity contribution >= 4 is 40.7 Å². The van der Waals surface area contributed by atoms with Crippen LogP contribution in [-0.2, 0) is 11.0 Å². The fourth-order valence-corrected chi connectivity index (χ4v) is 4.84. The molecule has 0 saturated carbocycles. The number of carbonyl (C=O) groups excluding carboxylic acids is 1. The standard InChI is InChI=1S/C18H17F4N3O3S2/c19-12-3-1-10(18(20,21)22)7-13(12)23-8-11-2-4-15(26)25(11)5-6-29-17-24-14(9-30-17)16(27)28/h1,3,7,9,11,23H,2,4-6,8H2,(H,27,28). The number of likely N-dealkylation sites (tertiary alicyclic amines) is 1. The largest absolute Gasteiger partial charge is 0.476 e. The number of hydrogen-bond donors (Lipinski definition) is 2. The third-order valence-electron chi connectivity index (χ3n) is 4.53. The molecule has 0 spiro atoms. The van der Waals surface area contributed by atoms with Crippen molar-refractivity contribution in [2.75, 3.05) is 24.2 Å². The van der Waals surface area contributed by atoms with Crippen LogP contribution in [0.25, 0.3) is 0 Å². The quantitative estimate of drug-likeness (QED) is 0.451. The Morgan fingerprint density at radius 2 is 2.17 bits per heavy atom. The first-order chi connectivity index (χ1) is 14.1. The Hall–Kier alpha value is -2.34. The average Bonchev–Trinajstić information content (AvgIpc) is 3.28. The maximum atomic E-state index is 13.9. The summed E-state index contributed by atoms with van der Waals surface area (Å²) in [5.41, 5.74) is -1.25. The number of aromatic carboxylic acids is 1. The number of nitrogens with zero attached hydrogens (tertiary/aromatic N) is 2. The first kappa shape index (κ1) is 22.3. The van der Waals surface area contributed by atoms with Gasteiger partial charge in [-0.3, -0.25) is 4.79 Å². The molecule has 1 atom stereocenters. The van der Waals surface area contributed by atoms with Gasteiger partial charge in [-0.2, -0.15) is 13.2 Å². The predicted molar refractivity (Wildman–Crippen MR) is 104 cm³/mol. The minimum Gasteiger partial charge on any atom is -0.476 e. The van der Waals surface area contributed by atoms with Crippen molar-refractivity contribution < 1.29 is 32.3 Å². The average molecular weight is 463 g/mol. The minimum atomic E-state index is -4.58. The molecule has 1 aliphatic rings. The molecule has 0 radical (unpaired) electrons. The lowest BCUT2D eigenvalue weighted by Crippen LogP contribution is -2.39. The van der Waals surface area contributed by atoms with Gasteiger partial charge in [0.2, 0.25) is 5.91 Å². The van der Waals surface area contributed by atoms with Gasteiger partial charge in [0, 0.05) is 36.7 Å². The highest BCUT2D eigenvalue weighted by molar-refractivity contribution is 8.01. The van der Waals surface area contributed by atoms with Crippen molar-refractivity contribution in [1.82, 2.24) is 9.88 Å². The number of thiazole rings is 1. The summed E-state index contributed by atoms with van der Waals surface area (Å²) in [4.78, 5) is 28.6. The Bertz CT molecular complexity index is 936. The zero-order valence-corrected chi connectivity index (χ0v) is 17.0. The lowest BCUT2D eigenvalue weighted by atomic mass is 10.1. The molecule has 1 aromatic carbocycles. The summed E-state index contributed by atoms with van der Waals surface area (Å²) in [6.45, 7) is 0.484. The molecule has 12 heteroatoms. The van der Waals surface area contributed by atoms with Gasteiger partial charge in [-0.25, -0.2) is 14.2 Å². The SMILES string of the molecule is O=C(O)c1csc(SCCN2C(=O)CCC2CNc2cc(C(F)(F)F)ccc2F)n1. The van der Waals surface area contributed by atoms with E-state index >= 15 is 0 Å². The fourth-order valence-electron chi connectivity index (χ4n) is 3.03. The van der Waals surface area contributed by atoms with E-state index in [1.165, 1.54) is 28.5 Å². The molecule has 1 unspecified atom stereocenters. The second kappa shape index (κ2) is 9.21. The molecule has 2 heterocycles. The van der Waals surface area contributed by atoms with E-state index in [1.807, 2.05) is 0 Å². The van der Waals surface area contributed by atoms with Crippen LogP contribution in [-0.4, -0.2) is 51.8 Å². The summed E-state index contributed by atoms with van der Waals surface area (Å²) in [7, 11) is 0. The first-order valence-corrected chi connectivity index (χ1v) is 10.7. The van der Waals surface area contributed by atoms with Crippen LogP contribution in [0.5, 0.6) is 0 Å². The number of nitrogens with one attached hydrogen (secondary N) is 1. The normalized spacial score (nSPS) is 16.9. The number of carboxylic acids is 1. The maximum absolute atomic E-state index is 13.9. The van der Waals surface area contributed by atoms with E-state index in [4.69, 9.17) is 5.11 Å². The van der Waals surface area contributed by atoms with Gasteiger partial charge >= 0.3 is 12.1 Å². The van der Waals surface area contributed by atoms with Crippen LogP contribution in [0.15, 0.2) is 27.9 Å². The molecule has 0 aliphatic carbocycles. The predicted octanol–water partition coefficient (Wildman–Crippen LogP) is 4.19. The van der Waals surface area contributed by atoms with Gasteiger partial charge in [0.1, 0.15) is 5.82 Å². The highest BCUT2D eigenvalue weighted by atomic mass is 32.2. The zero-order chi connectivity index (χ0) is 21.9. The molecule has 1 fully saturated rings. The molecule has 1 aromatic heterocycles. The molecule has 6 nitrogen and oxygen atoms in total. The van der Waals surface area contributed by atoms with E-state index in [9.17, 15) is 27.2 Å². The van der Waals surface area contributed by atoms with Gasteiger partial charge < -0.3 is 15.3 Å². The molecular weight excluding hydrogens is 446 g/mol. The van der Waals surface area contributed by atoms with Crippen molar-refractivity contribution in [2.45, 2.75) is 29.4 Å². The second-order valence-corrected chi connectivity index (χ2v) is 8.71. The third-order valence-corrected chi connectivity index (χ3v) is 6.54. The van der Waals surface area contributed by atoms with Crippen molar-refractivity contribution in [2.24, 2.45) is 0 Å². The molecule has 1 amide bonds. The third kappa shape index (κ3) is 5.42. The van der Waals surface area contributed by atoms with E-state index in [0.717, 1.165) is 12.1 Å². The van der Waals surface area contributed by atoms with Crippen molar-refractivity contribution in [3.63, 3.8) is 0 Å². The molecule has 1 saturated heterocycles. The van der Waals surface area contributed by atoms with Crippen LogP contribution in [0, 0.1) is 5.82 Å². The lowest BCUT2D eigenvalue weighted by molar-refractivity contribution is -0.137. The number of aromatic nitrogens is 1. The van der Waals surface area contributed by atoms with Crippen LogP contribution in [0.3, 0.4) is 0 Å². The highest BCUT2D eigenvalue weighted by Crippen LogP contribution is 2.32. The first-order valence-electron chi connectivity index (χ1n) is 8.87. The highest BCUT2D eigenvalue weighted by Gasteiger charge is 2.32. The zero-order valence-electron chi connectivity index (χ0n) is 15.4. The van der Waals surface area contributed by atoms with E-state index in [1.54, 1.807) is 4.90 Å². The van der Waals surface area contributed by atoms with Crippen LogP contribution in [0.4, 0.5) is 23.2 Å². The van der Waals surface area contributed by atoms with Gasteiger partial charge in [0.15, 0.2) is 10.0 Å². The smallest absolute Gasteiger partial charge is 0.416 e. The molecule has 2 aromatic rings. The summed E-state index contributed by atoms with van der Waals surface area (Å²) in [5.74, 6) is -1.52. The van der Waals surface area contributed by atoms with Gasteiger partial charge in [-0.1, -0.05) is 11.8 Å². The molecule has 0 bridgehead atoms. The summed E-state index contributed by atoms with van der Waals surface area (Å²) in [6, 6.07) is 1.88. The molecule has 162 valence electrons. The minimum absolute atomic E-state index is 0.0371. The summed E-state index contributed by atoms with van der Waals surface area (Å²) in [5, 5.41) is 13.0. The number of anilines is 1. The van der Waals surface area contributed by atoms with Crippen LogP contribution in [0.1, 0.15) is 28.9 Å². The van der Waals surface area contributed by atoms with Crippen molar-refractivity contribution in [3.05, 3.63) is 40.7 Å². The Balaban J connectivity index is 1.56. The number of thioether (sulfide) groups is 1. The van der Waals surface area contributed by atoms with Crippen LogP contribution < -0.4 is 5.32 Å². The molecule has 3 rings (SSSR count). The van der Waals surface area contributed by atoms with Crippen LogP contribution >= 0.6 is 23.1 Å². The summed E-state index contributed by atoms with van der Waals surface area (Å²) < 4.78 is 53.0. The number of hydrogen-bond acceptors (Lipinski definition) is 6. The van der Waals surface area contributed by atoms with E-state index < -0.39 is 23.5 Å². The fraction of sp³-hybridized carbons (Fsp3) is 0.389. The van der Waals surface area contributed by atoms with Gasteiger partial charge in [-0.05, 0) is 24.6 Å². The van der Waals surface area contributed by atoms with Gasteiger partial charge in [0.25, 0.3) is 0 Å². The lowest BCUT2D eigenvalue weighted by Gasteiger charge is -2.25. The molecular formula is C18H17F4N3O3S2. The Morgan fingerprint density at radius 3 is 2.83 bits per heavy atom. The van der Waals surface area contributed by atoms with Gasteiger partial charge in [-0.15, -0.1) is 11.3 Å². The molecule has 2 N–H and O–H groups in total. The number of amides is 1. The number of carboxylic acid groups (broad SMARTS) is 1. The van der Waals surface area contributed by atoms with Crippen molar-refractivity contribution in [1.29, 1.82) is 0 Å².